The number of benzene rings is 1. The van der Waals surface area contributed by atoms with E-state index in [1.165, 1.54) is 35.1 Å². The minimum absolute atomic E-state index is 0.0187. The number of anilines is 1. The zero-order valence-corrected chi connectivity index (χ0v) is 14.7. The summed E-state index contributed by atoms with van der Waals surface area (Å²) in [5, 5.41) is 4.39. The Morgan fingerprint density at radius 3 is 2.56 bits per heavy atom. The third kappa shape index (κ3) is 4.11. The Hall–Kier alpha value is -2.88. The molecule has 0 atom stereocenters. The Morgan fingerprint density at radius 2 is 1.93 bits per heavy atom. The highest BCUT2D eigenvalue weighted by Crippen LogP contribution is 2.24. The van der Waals surface area contributed by atoms with Gasteiger partial charge in [0.2, 0.25) is 5.91 Å². The third-order valence-electron chi connectivity index (χ3n) is 3.80. The van der Waals surface area contributed by atoms with E-state index in [0.29, 0.717) is 15.6 Å². The third-order valence-corrected chi connectivity index (χ3v) is 4.05. The smallest absolute Gasteiger partial charge is 0.302 e. The summed E-state index contributed by atoms with van der Waals surface area (Å²) in [4.78, 5) is 29.6. The minimum Gasteiger partial charge on any atom is -0.302 e. The number of carbonyl (C=O) groups excluding carboxylic acids is 1. The van der Waals surface area contributed by atoms with Gasteiger partial charge in [-0.1, -0.05) is 11.6 Å². The van der Waals surface area contributed by atoms with Gasteiger partial charge in [0, 0.05) is 17.8 Å². The first kappa shape index (κ1) is 18.9. The van der Waals surface area contributed by atoms with Gasteiger partial charge in [-0.2, -0.15) is 18.3 Å². The fourth-order valence-corrected chi connectivity index (χ4v) is 2.66. The van der Waals surface area contributed by atoms with E-state index in [-0.39, 0.29) is 11.1 Å². The molecule has 142 valence electrons. The molecule has 0 fully saturated rings. The van der Waals surface area contributed by atoms with Crippen LogP contribution in [0.2, 0.25) is 5.02 Å². The molecule has 0 saturated carbocycles. The van der Waals surface area contributed by atoms with Crippen LogP contribution in [-0.2, 0) is 18.4 Å². The zero-order valence-electron chi connectivity index (χ0n) is 13.9. The summed E-state index contributed by atoms with van der Waals surface area (Å²) in [7, 11) is 1.59. The first-order valence-electron chi connectivity index (χ1n) is 7.65. The van der Waals surface area contributed by atoms with Crippen LogP contribution in [0.5, 0.6) is 0 Å². The van der Waals surface area contributed by atoms with Crippen molar-refractivity contribution in [2.75, 3.05) is 11.4 Å². The molecule has 0 saturated heterocycles. The van der Waals surface area contributed by atoms with Gasteiger partial charge < -0.3 is 4.90 Å². The fraction of sp³-hybridized carbons (Fsp3) is 0.250. The SMILES string of the molecule is Cn1ncc2c(=O)n(CC(=O)N(CC(F)(F)F)c3ccc(Cl)cc3)cnc21. The molecule has 0 aliphatic carbocycles. The quantitative estimate of drug-likeness (QED) is 0.675. The highest BCUT2D eigenvalue weighted by Gasteiger charge is 2.34. The Bertz CT molecular complexity index is 1040. The number of hydrogen-bond donors (Lipinski definition) is 0. The van der Waals surface area contributed by atoms with Crippen molar-refractivity contribution >= 4 is 34.2 Å². The van der Waals surface area contributed by atoms with Gasteiger partial charge >= 0.3 is 6.18 Å². The van der Waals surface area contributed by atoms with Crippen molar-refractivity contribution in [2.24, 2.45) is 7.05 Å². The van der Waals surface area contributed by atoms with E-state index in [0.717, 1.165) is 10.9 Å². The molecule has 2 aromatic heterocycles. The summed E-state index contributed by atoms with van der Waals surface area (Å²) < 4.78 is 41.2. The lowest BCUT2D eigenvalue weighted by molar-refractivity contribution is -0.132. The number of amides is 1. The van der Waals surface area contributed by atoms with Crippen LogP contribution in [0.4, 0.5) is 18.9 Å². The van der Waals surface area contributed by atoms with E-state index in [1.54, 1.807) is 7.05 Å². The molecule has 27 heavy (non-hydrogen) atoms. The lowest BCUT2D eigenvalue weighted by atomic mass is 10.2. The predicted octanol–water partition coefficient (Wildman–Crippen LogP) is 2.38. The number of carbonyl (C=O) groups is 1. The molecule has 3 rings (SSSR count). The van der Waals surface area contributed by atoms with Gasteiger partial charge in [-0.3, -0.25) is 18.8 Å². The highest BCUT2D eigenvalue weighted by molar-refractivity contribution is 6.30. The van der Waals surface area contributed by atoms with Crippen molar-refractivity contribution in [1.82, 2.24) is 19.3 Å². The zero-order chi connectivity index (χ0) is 19.8. The van der Waals surface area contributed by atoms with Crippen molar-refractivity contribution < 1.29 is 18.0 Å². The summed E-state index contributed by atoms with van der Waals surface area (Å²) in [6.45, 7) is -2.10. The van der Waals surface area contributed by atoms with Crippen LogP contribution in [-0.4, -0.2) is 38.0 Å². The second-order valence-electron chi connectivity index (χ2n) is 5.75. The number of aromatic nitrogens is 4. The van der Waals surface area contributed by atoms with Crippen LogP contribution in [0, 0.1) is 0 Å². The second kappa shape index (κ2) is 7.03. The monoisotopic (exact) mass is 399 g/mol. The van der Waals surface area contributed by atoms with Crippen molar-refractivity contribution in [2.45, 2.75) is 12.7 Å². The molecule has 3 aromatic rings. The lowest BCUT2D eigenvalue weighted by Crippen LogP contribution is -2.42. The number of hydrogen-bond acceptors (Lipinski definition) is 4. The molecule has 0 unspecified atom stereocenters. The molecule has 2 heterocycles. The van der Waals surface area contributed by atoms with E-state index >= 15 is 0 Å². The Labute approximate surface area is 155 Å². The van der Waals surface area contributed by atoms with Gasteiger partial charge in [-0.15, -0.1) is 0 Å². The maximum Gasteiger partial charge on any atom is 0.406 e. The van der Waals surface area contributed by atoms with Gasteiger partial charge in [0.15, 0.2) is 5.65 Å². The van der Waals surface area contributed by atoms with Gasteiger partial charge in [-0.25, -0.2) is 4.98 Å². The van der Waals surface area contributed by atoms with Crippen LogP contribution < -0.4 is 10.5 Å². The minimum atomic E-state index is -4.62. The molecular formula is C16H13ClF3N5O2. The van der Waals surface area contributed by atoms with E-state index in [9.17, 15) is 22.8 Å². The molecule has 0 bridgehead atoms. The van der Waals surface area contributed by atoms with Crippen LogP contribution in [0.25, 0.3) is 11.0 Å². The van der Waals surface area contributed by atoms with Gasteiger partial charge in [0.25, 0.3) is 5.56 Å². The molecular weight excluding hydrogens is 387 g/mol. The summed E-state index contributed by atoms with van der Waals surface area (Å²) in [5.74, 6) is -0.915. The average Bonchev–Trinajstić information content (AvgIpc) is 2.97. The normalized spacial score (nSPS) is 11.7. The molecule has 0 spiro atoms. The second-order valence-corrected chi connectivity index (χ2v) is 6.19. The van der Waals surface area contributed by atoms with Crippen LogP contribution >= 0.6 is 11.6 Å². The number of halogens is 4. The predicted molar refractivity (Wildman–Crippen MR) is 92.6 cm³/mol. The first-order chi connectivity index (χ1) is 12.7. The molecule has 11 heteroatoms. The largest absolute Gasteiger partial charge is 0.406 e. The average molecular weight is 400 g/mol. The topological polar surface area (TPSA) is 73.0 Å². The first-order valence-corrected chi connectivity index (χ1v) is 8.03. The van der Waals surface area contributed by atoms with Gasteiger partial charge in [0.05, 0.1) is 6.20 Å². The summed E-state index contributed by atoms with van der Waals surface area (Å²) in [6, 6.07) is 5.36. The molecule has 0 aliphatic rings. The van der Waals surface area contributed by atoms with Gasteiger partial charge in [0.1, 0.15) is 24.8 Å². The Morgan fingerprint density at radius 1 is 1.26 bits per heavy atom. The Kier molecular flexibility index (Phi) is 4.92. The lowest BCUT2D eigenvalue weighted by Gasteiger charge is -2.24. The van der Waals surface area contributed by atoms with Crippen LogP contribution in [0.3, 0.4) is 0 Å². The standard InChI is InChI=1S/C16H13ClF3N5O2/c1-23-14-12(6-22-23)15(27)24(9-21-14)7-13(26)25(8-16(18,19)20)11-4-2-10(17)3-5-11/h2-6,9H,7-8H2,1H3. The fourth-order valence-electron chi connectivity index (χ4n) is 2.53. The van der Waals surface area contributed by atoms with Crippen molar-refractivity contribution in [3.05, 3.63) is 52.2 Å². The Balaban J connectivity index is 1.93. The van der Waals surface area contributed by atoms with E-state index in [4.69, 9.17) is 11.6 Å². The number of rotatable bonds is 4. The molecule has 7 nitrogen and oxygen atoms in total. The van der Waals surface area contributed by atoms with Crippen molar-refractivity contribution in [3.63, 3.8) is 0 Å². The number of fused-ring (bicyclic) bond motifs is 1. The van der Waals surface area contributed by atoms with E-state index < -0.39 is 30.7 Å². The maximum atomic E-state index is 12.9. The molecule has 1 aromatic carbocycles. The molecule has 0 aliphatic heterocycles. The van der Waals surface area contributed by atoms with Crippen molar-refractivity contribution in [1.29, 1.82) is 0 Å². The number of nitrogens with zero attached hydrogens (tertiary/aromatic N) is 5. The number of alkyl halides is 3. The molecule has 0 radical (unpaired) electrons. The van der Waals surface area contributed by atoms with Gasteiger partial charge in [-0.05, 0) is 24.3 Å². The summed E-state index contributed by atoms with van der Waals surface area (Å²) in [6.07, 6.45) is -2.22. The van der Waals surface area contributed by atoms with Crippen LogP contribution in [0.15, 0.2) is 41.6 Å². The molecule has 1 amide bonds. The van der Waals surface area contributed by atoms with E-state index in [1.807, 2.05) is 0 Å². The van der Waals surface area contributed by atoms with E-state index in [2.05, 4.69) is 10.1 Å². The summed E-state index contributed by atoms with van der Waals surface area (Å²) >= 11 is 5.75. The molecule has 0 N–H and O–H groups in total. The maximum absolute atomic E-state index is 12.9. The van der Waals surface area contributed by atoms with Crippen molar-refractivity contribution in [3.8, 4) is 0 Å². The highest BCUT2D eigenvalue weighted by atomic mass is 35.5. The summed E-state index contributed by atoms with van der Waals surface area (Å²) in [5.41, 5.74) is -0.233. The van der Waals surface area contributed by atoms with Crippen LogP contribution in [0.1, 0.15) is 0 Å². The number of aryl methyl sites for hydroxylation is 1.